The number of piperazine rings is 1. The smallest absolute Gasteiger partial charge is 0.154 e. The van der Waals surface area contributed by atoms with Gasteiger partial charge in [-0.1, -0.05) is 36.4 Å². The van der Waals surface area contributed by atoms with Crippen molar-refractivity contribution in [3.05, 3.63) is 60.2 Å². The number of anilines is 1. The largest absolute Gasteiger partial charge is 0.507 e. The molecule has 0 radical (unpaired) electrons. The maximum atomic E-state index is 10.1. The Bertz CT molecular complexity index is 999. The molecule has 1 aromatic heterocycles. The van der Waals surface area contributed by atoms with Crippen LogP contribution in [0.4, 0.5) is 5.82 Å². The Kier molecular flexibility index (Phi) is 6.76. The fourth-order valence-electron chi connectivity index (χ4n) is 3.99. The molecule has 7 nitrogen and oxygen atoms in total. The molecule has 3 aromatic rings. The van der Waals surface area contributed by atoms with Crippen molar-refractivity contribution in [3.63, 3.8) is 0 Å². The summed E-state index contributed by atoms with van der Waals surface area (Å²) in [6, 6.07) is 17.4. The van der Waals surface area contributed by atoms with Gasteiger partial charge in [0.25, 0.3) is 0 Å². The lowest BCUT2D eigenvalue weighted by molar-refractivity contribution is 0.127. The van der Waals surface area contributed by atoms with Crippen LogP contribution in [0.25, 0.3) is 22.4 Å². The van der Waals surface area contributed by atoms with Gasteiger partial charge in [-0.15, -0.1) is 10.2 Å². The molecule has 1 aliphatic rings. The number of phenols is 1. The molecule has 0 spiro atoms. The van der Waals surface area contributed by atoms with E-state index in [1.54, 1.807) is 12.1 Å². The molecule has 0 aliphatic carbocycles. The summed E-state index contributed by atoms with van der Waals surface area (Å²) >= 11 is 0. The zero-order valence-corrected chi connectivity index (χ0v) is 17.7. The van der Waals surface area contributed by atoms with Crippen LogP contribution < -0.4 is 11.5 Å². The second kappa shape index (κ2) is 9.87. The molecule has 0 unspecified atom stereocenters. The minimum absolute atomic E-state index is 0.172. The number of nitrogens with zero attached hydrogens (tertiary/aromatic N) is 4. The van der Waals surface area contributed by atoms with E-state index in [-0.39, 0.29) is 5.75 Å². The monoisotopic (exact) mass is 418 g/mol. The number of nitrogen functional groups attached to an aromatic ring is 1. The molecule has 0 bridgehead atoms. The molecule has 162 valence electrons. The van der Waals surface area contributed by atoms with E-state index in [0.717, 1.165) is 63.4 Å². The summed E-state index contributed by atoms with van der Waals surface area (Å²) in [5.74, 6) is 0.548. The van der Waals surface area contributed by atoms with E-state index in [0.29, 0.717) is 17.1 Å². The van der Waals surface area contributed by atoms with E-state index in [1.807, 2.05) is 18.2 Å². The number of aromatic nitrogens is 2. The molecule has 0 amide bonds. The normalized spacial score (nSPS) is 15.3. The SMILES string of the molecule is NCCCN1CCN(Cc2ccc(-c3cc(-c4ccccc4O)nnc3N)cc2)CC1. The van der Waals surface area contributed by atoms with E-state index in [9.17, 15) is 5.11 Å². The highest BCUT2D eigenvalue weighted by Crippen LogP contribution is 2.32. The van der Waals surface area contributed by atoms with E-state index < -0.39 is 0 Å². The van der Waals surface area contributed by atoms with Crippen LogP contribution >= 0.6 is 0 Å². The Hall–Kier alpha value is -3.00. The third-order valence-corrected chi connectivity index (χ3v) is 5.82. The number of benzene rings is 2. The van der Waals surface area contributed by atoms with Crippen molar-refractivity contribution in [1.82, 2.24) is 20.0 Å². The first-order valence-electron chi connectivity index (χ1n) is 10.8. The van der Waals surface area contributed by atoms with Crippen molar-refractivity contribution >= 4 is 5.82 Å². The lowest BCUT2D eigenvalue weighted by Gasteiger charge is -2.34. The predicted molar refractivity (Wildman–Crippen MR) is 124 cm³/mol. The molecule has 1 saturated heterocycles. The number of hydrogen-bond acceptors (Lipinski definition) is 7. The third-order valence-electron chi connectivity index (χ3n) is 5.82. The maximum Gasteiger partial charge on any atom is 0.154 e. The summed E-state index contributed by atoms with van der Waals surface area (Å²) < 4.78 is 0. The molecule has 7 heteroatoms. The third kappa shape index (κ3) is 5.19. The fourth-order valence-corrected chi connectivity index (χ4v) is 3.99. The van der Waals surface area contributed by atoms with Crippen molar-refractivity contribution < 1.29 is 5.11 Å². The van der Waals surface area contributed by atoms with Crippen molar-refractivity contribution in [2.75, 3.05) is 45.0 Å². The molecule has 1 aliphatic heterocycles. The molecule has 2 heterocycles. The van der Waals surface area contributed by atoms with E-state index in [2.05, 4.69) is 44.3 Å². The Balaban J connectivity index is 1.44. The number of nitrogens with two attached hydrogens (primary N) is 2. The lowest BCUT2D eigenvalue weighted by atomic mass is 10.0. The molecule has 4 rings (SSSR count). The maximum absolute atomic E-state index is 10.1. The van der Waals surface area contributed by atoms with Gasteiger partial charge in [0, 0.05) is 43.9 Å². The summed E-state index contributed by atoms with van der Waals surface area (Å²) in [5.41, 5.74) is 16.0. The van der Waals surface area contributed by atoms with Crippen LogP contribution in [-0.4, -0.2) is 64.4 Å². The molecule has 1 fully saturated rings. The summed E-state index contributed by atoms with van der Waals surface area (Å²) in [7, 11) is 0. The summed E-state index contributed by atoms with van der Waals surface area (Å²) in [6.45, 7) is 7.17. The summed E-state index contributed by atoms with van der Waals surface area (Å²) in [5, 5.41) is 18.4. The van der Waals surface area contributed by atoms with Crippen molar-refractivity contribution in [1.29, 1.82) is 0 Å². The highest BCUT2D eigenvalue weighted by molar-refractivity contribution is 5.79. The van der Waals surface area contributed by atoms with Gasteiger partial charge in [0.15, 0.2) is 5.82 Å². The minimum atomic E-state index is 0.172. The number of hydrogen-bond donors (Lipinski definition) is 3. The van der Waals surface area contributed by atoms with Crippen LogP contribution in [0.15, 0.2) is 54.6 Å². The minimum Gasteiger partial charge on any atom is -0.507 e. The first-order valence-corrected chi connectivity index (χ1v) is 10.8. The quantitative estimate of drug-likeness (QED) is 0.542. The van der Waals surface area contributed by atoms with Crippen LogP contribution in [0.5, 0.6) is 5.75 Å². The summed E-state index contributed by atoms with van der Waals surface area (Å²) in [4.78, 5) is 4.99. The van der Waals surface area contributed by atoms with Gasteiger partial charge in [-0.05, 0) is 48.8 Å². The van der Waals surface area contributed by atoms with E-state index in [4.69, 9.17) is 11.5 Å². The Labute approximate surface area is 183 Å². The van der Waals surface area contributed by atoms with Crippen LogP contribution in [0.3, 0.4) is 0 Å². The van der Waals surface area contributed by atoms with Crippen LogP contribution in [0.1, 0.15) is 12.0 Å². The van der Waals surface area contributed by atoms with Crippen LogP contribution in [0.2, 0.25) is 0 Å². The van der Waals surface area contributed by atoms with Gasteiger partial charge in [0.2, 0.25) is 0 Å². The Morgan fingerprint density at radius 3 is 2.29 bits per heavy atom. The average molecular weight is 419 g/mol. The van der Waals surface area contributed by atoms with Gasteiger partial charge in [-0.25, -0.2) is 0 Å². The molecule has 5 N–H and O–H groups in total. The van der Waals surface area contributed by atoms with Gasteiger partial charge in [-0.3, -0.25) is 4.90 Å². The second-order valence-electron chi connectivity index (χ2n) is 8.00. The average Bonchev–Trinajstić information content (AvgIpc) is 2.80. The van der Waals surface area contributed by atoms with E-state index >= 15 is 0 Å². The van der Waals surface area contributed by atoms with Crippen LogP contribution in [-0.2, 0) is 6.54 Å². The zero-order valence-electron chi connectivity index (χ0n) is 17.7. The Morgan fingerprint density at radius 1 is 0.871 bits per heavy atom. The molecule has 0 atom stereocenters. The van der Waals surface area contributed by atoms with Gasteiger partial charge in [0.05, 0.1) is 5.69 Å². The number of aromatic hydroxyl groups is 1. The first kappa shape index (κ1) is 21.2. The Morgan fingerprint density at radius 2 is 1.58 bits per heavy atom. The molecular weight excluding hydrogens is 388 g/mol. The van der Waals surface area contributed by atoms with Gasteiger partial charge in [-0.2, -0.15) is 0 Å². The number of rotatable bonds is 7. The molecule has 0 saturated carbocycles. The first-order chi connectivity index (χ1) is 15.1. The predicted octanol–water partition coefficient (Wildman–Crippen LogP) is 2.56. The van der Waals surface area contributed by atoms with E-state index in [1.165, 1.54) is 5.56 Å². The number of phenolic OH excluding ortho intramolecular Hbond substituents is 1. The van der Waals surface area contributed by atoms with Crippen molar-refractivity contribution in [2.24, 2.45) is 5.73 Å². The fraction of sp³-hybridized carbons (Fsp3) is 0.333. The van der Waals surface area contributed by atoms with Crippen LogP contribution in [0, 0.1) is 0 Å². The van der Waals surface area contributed by atoms with Gasteiger partial charge in [0.1, 0.15) is 5.75 Å². The van der Waals surface area contributed by atoms with Gasteiger partial charge < -0.3 is 21.5 Å². The second-order valence-corrected chi connectivity index (χ2v) is 8.00. The topological polar surface area (TPSA) is 105 Å². The molecule has 2 aromatic carbocycles. The molecular formula is C24H30N6O. The highest BCUT2D eigenvalue weighted by atomic mass is 16.3. The summed E-state index contributed by atoms with van der Waals surface area (Å²) in [6.07, 6.45) is 1.07. The number of para-hydroxylation sites is 1. The molecule has 31 heavy (non-hydrogen) atoms. The van der Waals surface area contributed by atoms with Crippen molar-refractivity contribution in [2.45, 2.75) is 13.0 Å². The standard InChI is InChI=1S/C24H30N6O/c25-10-3-11-29-12-14-30(15-13-29)17-18-6-8-19(9-7-18)21-16-22(27-28-24(21)26)20-4-1-2-5-23(20)31/h1-2,4-9,16,31H,3,10-15,17,25H2,(H2,26,28). The zero-order chi connectivity index (χ0) is 21.6. The highest BCUT2D eigenvalue weighted by Gasteiger charge is 2.17. The lowest BCUT2D eigenvalue weighted by Crippen LogP contribution is -2.46. The van der Waals surface area contributed by atoms with Gasteiger partial charge >= 0.3 is 0 Å². The van der Waals surface area contributed by atoms with Crippen molar-refractivity contribution in [3.8, 4) is 28.1 Å².